The van der Waals surface area contributed by atoms with Crippen molar-refractivity contribution in [2.45, 2.75) is 50.3 Å². The fourth-order valence-electron chi connectivity index (χ4n) is 3.10. The van der Waals surface area contributed by atoms with Crippen molar-refractivity contribution in [3.63, 3.8) is 0 Å². The van der Waals surface area contributed by atoms with E-state index in [9.17, 15) is 9.90 Å². The van der Waals surface area contributed by atoms with Gasteiger partial charge in [-0.1, -0.05) is 12.7 Å². The minimum absolute atomic E-state index is 0.0318. The van der Waals surface area contributed by atoms with Crippen LogP contribution in [0, 0.1) is 0 Å². The van der Waals surface area contributed by atoms with Gasteiger partial charge >= 0.3 is 6.16 Å². The molecule has 0 aliphatic carbocycles. The van der Waals surface area contributed by atoms with Crippen molar-refractivity contribution >= 4 is 6.16 Å². The lowest BCUT2D eigenvalue weighted by Crippen LogP contribution is -2.66. The Kier molecular flexibility index (Phi) is 6.63. The van der Waals surface area contributed by atoms with Crippen LogP contribution in [0.1, 0.15) is 13.8 Å². The second-order valence-corrected chi connectivity index (χ2v) is 7.05. The van der Waals surface area contributed by atoms with Gasteiger partial charge in [0.15, 0.2) is 11.9 Å². The molecule has 2 saturated heterocycles. The Labute approximate surface area is 169 Å². The fourth-order valence-corrected chi connectivity index (χ4v) is 3.10. The zero-order valence-electron chi connectivity index (χ0n) is 16.6. The maximum absolute atomic E-state index is 12.0. The minimum atomic E-state index is -1.23. The van der Waals surface area contributed by atoms with Crippen LogP contribution in [0.3, 0.4) is 0 Å². The molecule has 0 radical (unpaired) electrons. The number of fused-ring (bicyclic) bond motifs is 1. The highest BCUT2D eigenvalue weighted by atomic mass is 16.8. The highest BCUT2D eigenvalue weighted by Crippen LogP contribution is 2.34. The number of methoxy groups -OCH3 is 1. The highest BCUT2D eigenvalue weighted by molar-refractivity contribution is 5.60. The molecule has 0 saturated carbocycles. The standard InChI is InChI=1S/C20H26O9/c1-5-10-24-19(22)28-17-15(21)16-14(11-25-20(2,3)29-16)27-18(17)26-13-8-6-12(23-4)7-9-13/h5-9,14-18,21H,1,10-11H2,2-4H3/t14-,15+,16-,17-,18-/m1/s1. The molecule has 2 aliphatic rings. The molecule has 0 bridgehead atoms. The molecule has 0 spiro atoms. The molecule has 2 heterocycles. The molecule has 9 nitrogen and oxygen atoms in total. The van der Waals surface area contributed by atoms with Gasteiger partial charge in [-0.2, -0.15) is 0 Å². The lowest BCUT2D eigenvalue weighted by molar-refractivity contribution is -0.373. The van der Waals surface area contributed by atoms with Crippen LogP contribution in [0.15, 0.2) is 36.9 Å². The Morgan fingerprint density at radius 1 is 1.31 bits per heavy atom. The second kappa shape index (κ2) is 9.00. The molecule has 9 heteroatoms. The summed E-state index contributed by atoms with van der Waals surface area (Å²) in [7, 11) is 1.56. The normalized spacial score (nSPS) is 30.6. The first-order valence-electron chi connectivity index (χ1n) is 9.23. The van der Waals surface area contributed by atoms with E-state index in [4.69, 9.17) is 33.2 Å². The van der Waals surface area contributed by atoms with E-state index in [2.05, 4.69) is 6.58 Å². The highest BCUT2D eigenvalue weighted by Gasteiger charge is 2.53. The third kappa shape index (κ3) is 5.18. The van der Waals surface area contributed by atoms with Gasteiger partial charge in [0.25, 0.3) is 0 Å². The smallest absolute Gasteiger partial charge is 0.497 e. The van der Waals surface area contributed by atoms with E-state index >= 15 is 0 Å². The molecule has 0 unspecified atom stereocenters. The summed E-state index contributed by atoms with van der Waals surface area (Å²) in [6, 6.07) is 6.76. The van der Waals surface area contributed by atoms with Crippen LogP contribution >= 0.6 is 0 Å². The van der Waals surface area contributed by atoms with Crippen LogP contribution in [0.25, 0.3) is 0 Å². The van der Waals surface area contributed by atoms with Crippen molar-refractivity contribution in [2.75, 3.05) is 20.3 Å². The lowest BCUT2D eigenvalue weighted by atomic mass is 9.97. The zero-order chi connectivity index (χ0) is 21.0. The fraction of sp³-hybridized carbons (Fsp3) is 0.550. The molecule has 2 aliphatic heterocycles. The van der Waals surface area contributed by atoms with Gasteiger partial charge in [0.2, 0.25) is 6.29 Å². The molecule has 1 aromatic rings. The van der Waals surface area contributed by atoms with E-state index in [1.54, 1.807) is 45.2 Å². The number of hydrogen-bond donors (Lipinski definition) is 1. The molecule has 1 N–H and O–H groups in total. The first kappa shape index (κ1) is 21.4. The molecular weight excluding hydrogens is 384 g/mol. The van der Waals surface area contributed by atoms with Crippen molar-refractivity contribution in [3.8, 4) is 11.5 Å². The van der Waals surface area contributed by atoms with Crippen LogP contribution in [0.2, 0.25) is 0 Å². The largest absolute Gasteiger partial charge is 0.509 e. The van der Waals surface area contributed by atoms with Gasteiger partial charge in [-0.25, -0.2) is 4.79 Å². The summed E-state index contributed by atoms with van der Waals surface area (Å²) in [6.07, 6.45) is -4.48. The lowest BCUT2D eigenvalue weighted by Gasteiger charge is -2.48. The van der Waals surface area contributed by atoms with Crippen molar-refractivity contribution in [3.05, 3.63) is 36.9 Å². The number of aliphatic hydroxyl groups excluding tert-OH is 1. The van der Waals surface area contributed by atoms with E-state index in [1.165, 1.54) is 6.08 Å². The summed E-state index contributed by atoms with van der Waals surface area (Å²) in [6.45, 7) is 7.08. The SMILES string of the molecule is C=CCOC(=O)O[C@H]1[C@H](Oc2ccc(OC)cc2)O[C@@H]2COC(C)(C)O[C@H]2[C@@H]1O. The first-order valence-corrected chi connectivity index (χ1v) is 9.23. The average Bonchev–Trinajstić information content (AvgIpc) is 2.70. The summed E-state index contributed by atoms with van der Waals surface area (Å²) in [5.41, 5.74) is 0. The number of benzene rings is 1. The maximum atomic E-state index is 12.0. The van der Waals surface area contributed by atoms with Crippen molar-refractivity contribution < 1.29 is 43.1 Å². The van der Waals surface area contributed by atoms with Crippen LogP contribution in [0.4, 0.5) is 4.79 Å². The molecule has 1 aromatic carbocycles. The van der Waals surface area contributed by atoms with E-state index in [0.29, 0.717) is 11.5 Å². The number of carbonyl (C=O) groups excluding carboxylic acids is 1. The molecule has 2 fully saturated rings. The molecule has 160 valence electrons. The molecular formula is C20H26O9. The first-order chi connectivity index (χ1) is 13.8. The Bertz CT molecular complexity index is 702. The summed E-state index contributed by atoms with van der Waals surface area (Å²) in [4.78, 5) is 12.0. The summed E-state index contributed by atoms with van der Waals surface area (Å²) < 4.78 is 38.4. The van der Waals surface area contributed by atoms with E-state index in [1.807, 2.05) is 0 Å². The van der Waals surface area contributed by atoms with E-state index in [-0.39, 0.29) is 13.2 Å². The molecule has 3 rings (SSSR count). The van der Waals surface area contributed by atoms with Gasteiger partial charge in [0, 0.05) is 0 Å². The van der Waals surface area contributed by atoms with Crippen molar-refractivity contribution in [1.82, 2.24) is 0 Å². The predicted octanol–water partition coefficient (Wildman–Crippen LogP) is 2.02. The van der Waals surface area contributed by atoms with Crippen LogP contribution in [-0.2, 0) is 23.7 Å². The van der Waals surface area contributed by atoms with Crippen molar-refractivity contribution in [1.29, 1.82) is 0 Å². The number of aliphatic hydroxyl groups is 1. The molecule has 5 atom stereocenters. The molecule has 0 amide bonds. The van der Waals surface area contributed by atoms with Crippen LogP contribution in [0.5, 0.6) is 11.5 Å². The monoisotopic (exact) mass is 410 g/mol. The quantitative estimate of drug-likeness (QED) is 0.557. The maximum Gasteiger partial charge on any atom is 0.509 e. The average molecular weight is 410 g/mol. The van der Waals surface area contributed by atoms with Gasteiger partial charge in [0.1, 0.15) is 36.4 Å². The predicted molar refractivity (Wildman–Crippen MR) is 99.6 cm³/mol. The van der Waals surface area contributed by atoms with E-state index < -0.39 is 42.6 Å². The van der Waals surface area contributed by atoms with E-state index in [0.717, 1.165) is 0 Å². The Morgan fingerprint density at radius 3 is 2.66 bits per heavy atom. The second-order valence-electron chi connectivity index (χ2n) is 7.05. The van der Waals surface area contributed by atoms with Gasteiger partial charge < -0.3 is 38.3 Å². The van der Waals surface area contributed by atoms with Gasteiger partial charge in [-0.3, -0.25) is 0 Å². The zero-order valence-corrected chi connectivity index (χ0v) is 16.6. The summed E-state index contributed by atoms with van der Waals surface area (Å²) in [5, 5.41) is 10.9. The number of rotatable bonds is 6. The Balaban J connectivity index is 1.78. The third-order valence-corrected chi connectivity index (χ3v) is 4.49. The van der Waals surface area contributed by atoms with Crippen LogP contribution < -0.4 is 9.47 Å². The molecule has 29 heavy (non-hydrogen) atoms. The van der Waals surface area contributed by atoms with Crippen LogP contribution in [-0.4, -0.2) is 68.1 Å². The number of carbonyl (C=O) groups is 1. The van der Waals surface area contributed by atoms with Gasteiger partial charge in [-0.15, -0.1) is 0 Å². The third-order valence-electron chi connectivity index (χ3n) is 4.49. The van der Waals surface area contributed by atoms with Crippen molar-refractivity contribution in [2.24, 2.45) is 0 Å². The van der Waals surface area contributed by atoms with Gasteiger partial charge in [0.05, 0.1) is 13.7 Å². The summed E-state index contributed by atoms with van der Waals surface area (Å²) >= 11 is 0. The topological polar surface area (TPSA) is 102 Å². The number of ether oxygens (including phenoxy) is 7. The summed E-state index contributed by atoms with van der Waals surface area (Å²) in [5.74, 6) is 0.176. The minimum Gasteiger partial charge on any atom is -0.497 e. The Hall–Kier alpha value is -2.33. The molecule has 0 aromatic heterocycles. The van der Waals surface area contributed by atoms with Gasteiger partial charge in [-0.05, 0) is 38.1 Å². The Morgan fingerprint density at radius 2 is 2.00 bits per heavy atom. The number of hydrogen-bond acceptors (Lipinski definition) is 9.